The van der Waals surface area contributed by atoms with Crippen LogP contribution >= 0.6 is 11.6 Å². The van der Waals surface area contributed by atoms with E-state index in [2.05, 4.69) is 9.97 Å². The number of benzene rings is 3. The van der Waals surface area contributed by atoms with Crippen LogP contribution in [0.5, 0.6) is 11.5 Å². The first kappa shape index (κ1) is 21.2. The van der Waals surface area contributed by atoms with Gasteiger partial charge in [0.1, 0.15) is 17.9 Å². The van der Waals surface area contributed by atoms with Crippen molar-refractivity contribution >= 4 is 39.9 Å². The zero-order valence-corrected chi connectivity index (χ0v) is 18.5. The van der Waals surface area contributed by atoms with Crippen LogP contribution in [0, 0.1) is 12.7 Å². The van der Waals surface area contributed by atoms with E-state index in [1.807, 2.05) is 24.3 Å². The highest BCUT2D eigenvalue weighted by molar-refractivity contribution is 6.32. The Labute approximate surface area is 194 Å². The molecule has 6 nitrogen and oxygen atoms in total. The highest BCUT2D eigenvalue weighted by atomic mass is 35.5. The second kappa shape index (κ2) is 8.33. The lowest BCUT2D eigenvalue weighted by Crippen LogP contribution is -2.24. The van der Waals surface area contributed by atoms with Crippen LogP contribution in [0.3, 0.4) is 0 Å². The standard InChI is InChI=1S/C25H20ClFN4O2/c1-14-3-2-4-20(27)24(14)33-22-9-15(5-7-19(22)26)16-10-23(32)31(12-16)17-6-8-21-18(11-17)25(28)30-13-29-21/h2-9,11,13,16H,10,12H2,1H3,(H2,28,29,30)/t16-/m0/s1. The fourth-order valence-corrected chi connectivity index (χ4v) is 4.28. The number of aryl methyl sites for hydroxylation is 1. The first-order chi connectivity index (χ1) is 15.9. The normalized spacial score (nSPS) is 15.9. The van der Waals surface area contributed by atoms with Crippen LogP contribution in [-0.2, 0) is 4.79 Å². The van der Waals surface area contributed by atoms with Gasteiger partial charge in [-0.15, -0.1) is 0 Å². The van der Waals surface area contributed by atoms with Gasteiger partial charge in [0.05, 0.1) is 10.5 Å². The van der Waals surface area contributed by atoms with Crippen molar-refractivity contribution in [1.82, 2.24) is 9.97 Å². The van der Waals surface area contributed by atoms with Crippen LogP contribution in [0.1, 0.15) is 23.5 Å². The number of rotatable bonds is 4. The molecule has 0 unspecified atom stereocenters. The SMILES string of the molecule is Cc1cccc(F)c1Oc1cc([C@H]2CC(=O)N(c3ccc4ncnc(N)c4c3)C2)ccc1Cl. The Bertz CT molecular complexity index is 1370. The average Bonchev–Trinajstić information content (AvgIpc) is 3.19. The van der Waals surface area contributed by atoms with E-state index in [-0.39, 0.29) is 17.6 Å². The van der Waals surface area contributed by atoms with Crippen molar-refractivity contribution in [2.75, 3.05) is 17.2 Å². The lowest BCUT2D eigenvalue weighted by atomic mass is 9.98. The Morgan fingerprint density at radius 2 is 2.00 bits per heavy atom. The molecule has 166 valence electrons. The van der Waals surface area contributed by atoms with Crippen molar-refractivity contribution in [1.29, 1.82) is 0 Å². The Kier molecular flexibility index (Phi) is 5.34. The first-order valence-electron chi connectivity index (χ1n) is 10.4. The second-order valence-electron chi connectivity index (χ2n) is 8.04. The minimum Gasteiger partial charge on any atom is -0.452 e. The third-order valence-corrected chi connectivity index (χ3v) is 6.20. The van der Waals surface area contributed by atoms with E-state index in [0.29, 0.717) is 40.5 Å². The minimum atomic E-state index is -0.460. The maximum Gasteiger partial charge on any atom is 0.227 e. The largest absolute Gasteiger partial charge is 0.452 e. The van der Waals surface area contributed by atoms with Gasteiger partial charge in [0.2, 0.25) is 5.91 Å². The lowest BCUT2D eigenvalue weighted by Gasteiger charge is -2.18. The minimum absolute atomic E-state index is 0.00265. The van der Waals surface area contributed by atoms with Gasteiger partial charge < -0.3 is 15.4 Å². The van der Waals surface area contributed by atoms with Crippen LogP contribution in [-0.4, -0.2) is 22.4 Å². The van der Waals surface area contributed by atoms with Crippen LogP contribution in [0.4, 0.5) is 15.9 Å². The average molecular weight is 463 g/mol. The molecule has 1 aromatic heterocycles. The molecule has 1 amide bonds. The van der Waals surface area contributed by atoms with E-state index < -0.39 is 5.82 Å². The zero-order valence-electron chi connectivity index (χ0n) is 17.8. The van der Waals surface area contributed by atoms with Crippen molar-refractivity contribution in [2.45, 2.75) is 19.3 Å². The number of carbonyl (C=O) groups is 1. The highest BCUT2D eigenvalue weighted by Crippen LogP contribution is 2.38. The van der Waals surface area contributed by atoms with Crippen LogP contribution in [0.15, 0.2) is 60.9 Å². The fourth-order valence-electron chi connectivity index (χ4n) is 4.12. The molecule has 2 N–H and O–H groups in total. The molecule has 2 heterocycles. The summed E-state index contributed by atoms with van der Waals surface area (Å²) in [6, 6.07) is 15.6. The molecule has 0 saturated carbocycles. The summed E-state index contributed by atoms with van der Waals surface area (Å²) in [5, 5.41) is 1.07. The predicted octanol–water partition coefficient (Wildman–Crippen LogP) is 5.63. The molecule has 5 rings (SSSR count). The summed E-state index contributed by atoms with van der Waals surface area (Å²) in [5.74, 6) is 0.322. The summed E-state index contributed by atoms with van der Waals surface area (Å²) in [5.41, 5.74) is 9.00. The molecule has 1 fully saturated rings. The summed E-state index contributed by atoms with van der Waals surface area (Å²) in [6.45, 7) is 2.25. The Morgan fingerprint density at radius 1 is 1.15 bits per heavy atom. The van der Waals surface area contributed by atoms with Gasteiger partial charge in [-0.05, 0) is 54.4 Å². The number of hydrogen-bond acceptors (Lipinski definition) is 5. The van der Waals surface area contributed by atoms with Gasteiger partial charge in [0.25, 0.3) is 0 Å². The molecule has 8 heteroatoms. The molecule has 0 bridgehead atoms. The molecule has 33 heavy (non-hydrogen) atoms. The number of nitrogens with two attached hydrogens (primary N) is 1. The fraction of sp³-hybridized carbons (Fsp3) is 0.160. The van der Waals surface area contributed by atoms with Gasteiger partial charge in [-0.1, -0.05) is 29.8 Å². The molecule has 0 spiro atoms. The number of nitrogens with zero attached hydrogens (tertiary/aromatic N) is 3. The molecule has 1 aliphatic heterocycles. The van der Waals surface area contributed by atoms with Gasteiger partial charge >= 0.3 is 0 Å². The molecule has 1 saturated heterocycles. The number of amides is 1. The van der Waals surface area contributed by atoms with Gasteiger partial charge in [-0.3, -0.25) is 4.79 Å². The molecule has 1 aliphatic rings. The number of ether oxygens (including phenoxy) is 1. The molecule has 4 aromatic rings. The van der Waals surface area contributed by atoms with Gasteiger partial charge in [0.15, 0.2) is 11.6 Å². The number of anilines is 2. The van der Waals surface area contributed by atoms with Crippen molar-refractivity contribution in [2.24, 2.45) is 0 Å². The number of aromatic nitrogens is 2. The zero-order chi connectivity index (χ0) is 23.1. The molecule has 1 atom stereocenters. The number of carbonyl (C=O) groups excluding carboxylic acids is 1. The summed E-state index contributed by atoms with van der Waals surface area (Å²) in [4.78, 5) is 22.8. The van der Waals surface area contributed by atoms with E-state index >= 15 is 0 Å². The Morgan fingerprint density at radius 3 is 2.82 bits per heavy atom. The quantitative estimate of drug-likeness (QED) is 0.425. The van der Waals surface area contributed by atoms with Crippen molar-refractivity contribution < 1.29 is 13.9 Å². The van der Waals surface area contributed by atoms with Gasteiger partial charge in [0, 0.05) is 30.0 Å². The number of fused-ring (bicyclic) bond motifs is 1. The summed E-state index contributed by atoms with van der Waals surface area (Å²) in [6.07, 6.45) is 1.75. The van der Waals surface area contributed by atoms with Crippen molar-refractivity contribution in [3.63, 3.8) is 0 Å². The predicted molar refractivity (Wildman–Crippen MR) is 126 cm³/mol. The summed E-state index contributed by atoms with van der Waals surface area (Å²) < 4.78 is 20.1. The topological polar surface area (TPSA) is 81.3 Å². The number of nitrogen functional groups attached to an aromatic ring is 1. The van der Waals surface area contributed by atoms with Crippen molar-refractivity contribution in [3.05, 3.63) is 82.9 Å². The summed E-state index contributed by atoms with van der Waals surface area (Å²) >= 11 is 6.33. The Hall–Kier alpha value is -3.71. The second-order valence-corrected chi connectivity index (χ2v) is 8.45. The van der Waals surface area contributed by atoms with Crippen LogP contribution < -0.4 is 15.4 Å². The third kappa shape index (κ3) is 3.96. The monoisotopic (exact) mass is 462 g/mol. The van der Waals surface area contributed by atoms with Gasteiger partial charge in [-0.2, -0.15) is 0 Å². The molecule has 0 radical (unpaired) electrons. The molecule has 3 aromatic carbocycles. The van der Waals surface area contributed by atoms with Crippen LogP contribution in [0.25, 0.3) is 10.9 Å². The maximum atomic E-state index is 14.3. The van der Waals surface area contributed by atoms with Crippen molar-refractivity contribution in [3.8, 4) is 11.5 Å². The lowest BCUT2D eigenvalue weighted by molar-refractivity contribution is -0.117. The highest BCUT2D eigenvalue weighted by Gasteiger charge is 2.32. The first-order valence-corrected chi connectivity index (χ1v) is 10.8. The van der Waals surface area contributed by atoms with E-state index in [1.165, 1.54) is 12.4 Å². The molecule has 0 aliphatic carbocycles. The third-order valence-electron chi connectivity index (χ3n) is 5.89. The summed E-state index contributed by atoms with van der Waals surface area (Å²) in [7, 11) is 0. The molecular formula is C25H20ClFN4O2. The number of halogens is 2. The van der Waals surface area contributed by atoms with E-state index in [4.69, 9.17) is 22.1 Å². The van der Waals surface area contributed by atoms with E-state index in [9.17, 15) is 9.18 Å². The number of hydrogen-bond donors (Lipinski definition) is 1. The van der Waals surface area contributed by atoms with E-state index in [1.54, 1.807) is 36.1 Å². The number of para-hydroxylation sites is 1. The maximum absolute atomic E-state index is 14.3. The van der Waals surface area contributed by atoms with Gasteiger partial charge in [-0.25, -0.2) is 14.4 Å². The smallest absolute Gasteiger partial charge is 0.227 e. The molecular weight excluding hydrogens is 443 g/mol. The van der Waals surface area contributed by atoms with Crippen LogP contribution in [0.2, 0.25) is 5.02 Å². The van der Waals surface area contributed by atoms with E-state index in [0.717, 1.165) is 16.8 Å². The Balaban J connectivity index is 1.43.